The smallest absolute Gasteiger partial charge is 0.276 e. The predicted octanol–water partition coefficient (Wildman–Crippen LogP) is 7.16. The van der Waals surface area contributed by atoms with E-state index in [0.29, 0.717) is 34.8 Å². The number of imidazole rings is 1. The number of para-hydroxylation sites is 2. The van der Waals surface area contributed by atoms with Crippen LogP contribution in [-0.2, 0) is 6.42 Å². The van der Waals surface area contributed by atoms with Crippen molar-refractivity contribution < 1.29 is 14.0 Å². The van der Waals surface area contributed by atoms with Crippen LogP contribution in [0.5, 0.6) is 0 Å². The predicted molar refractivity (Wildman–Crippen MR) is 160 cm³/mol. The largest absolute Gasteiger partial charge is 0.327 e. The molecule has 0 radical (unpaired) electrons. The quantitative estimate of drug-likeness (QED) is 0.245. The molecule has 1 aliphatic heterocycles. The number of rotatable bonds is 5. The Morgan fingerprint density at radius 3 is 2.66 bits per heavy atom. The number of anilines is 2. The Labute approximate surface area is 241 Å². The van der Waals surface area contributed by atoms with Crippen LogP contribution in [0.15, 0.2) is 79.3 Å². The van der Waals surface area contributed by atoms with E-state index in [2.05, 4.69) is 24.1 Å². The van der Waals surface area contributed by atoms with Gasteiger partial charge in [-0.1, -0.05) is 36.4 Å². The Hall–Kier alpha value is -4.63. The molecule has 2 aromatic carbocycles. The molecule has 0 saturated carbocycles. The summed E-state index contributed by atoms with van der Waals surface area (Å²) in [6.45, 7) is 6.32. The number of hydrogen-bond donors (Lipinski definition) is 1. The average molecular weight is 566 g/mol. The summed E-state index contributed by atoms with van der Waals surface area (Å²) < 4.78 is 16.4. The molecule has 2 amide bonds. The summed E-state index contributed by atoms with van der Waals surface area (Å²) in [6, 6.07) is 19.9. The maximum Gasteiger partial charge on any atom is 0.276 e. The van der Waals surface area contributed by atoms with E-state index in [1.807, 2.05) is 47.0 Å². The molecule has 0 aliphatic carbocycles. The number of fused-ring (bicyclic) bond motifs is 3. The summed E-state index contributed by atoms with van der Waals surface area (Å²) in [4.78, 5) is 39.2. The van der Waals surface area contributed by atoms with E-state index in [1.165, 1.54) is 17.4 Å². The number of carbonyl (C=O) groups excluding carboxylic acids is 2. The number of nitrogens with zero attached hydrogens (tertiary/aromatic N) is 4. The number of amides is 2. The minimum absolute atomic E-state index is 0.185. The van der Waals surface area contributed by atoms with Crippen molar-refractivity contribution in [3.05, 3.63) is 107 Å². The lowest BCUT2D eigenvalue weighted by atomic mass is 10.1. The molecule has 5 aromatic rings. The topological polar surface area (TPSA) is 80.1 Å². The lowest BCUT2D eigenvalue weighted by Crippen LogP contribution is -2.33. The summed E-state index contributed by atoms with van der Waals surface area (Å²) >= 11 is 1.35. The van der Waals surface area contributed by atoms with Crippen molar-refractivity contribution in [1.29, 1.82) is 0 Å². The second-order valence-electron chi connectivity index (χ2n) is 10.3. The summed E-state index contributed by atoms with van der Waals surface area (Å²) in [7, 11) is 0. The number of halogens is 1. The minimum Gasteiger partial charge on any atom is -0.327 e. The summed E-state index contributed by atoms with van der Waals surface area (Å²) in [5.74, 6) is -1.02. The summed E-state index contributed by atoms with van der Waals surface area (Å²) in [5.41, 5.74) is 5.32. The molecular weight excluding hydrogens is 537 g/mol. The fourth-order valence-corrected chi connectivity index (χ4v) is 6.27. The van der Waals surface area contributed by atoms with Gasteiger partial charge in [-0.25, -0.2) is 14.4 Å². The highest BCUT2D eigenvalue weighted by Crippen LogP contribution is 2.42. The van der Waals surface area contributed by atoms with Crippen LogP contribution in [0.25, 0.3) is 21.8 Å². The van der Waals surface area contributed by atoms with E-state index >= 15 is 0 Å². The normalized spacial score (nSPS) is 12.6. The molecule has 1 aliphatic rings. The van der Waals surface area contributed by atoms with Crippen LogP contribution < -0.4 is 10.2 Å². The number of nitrogens with one attached hydrogen (secondary N) is 1. The van der Waals surface area contributed by atoms with Gasteiger partial charge in [-0.05, 0) is 68.7 Å². The average Bonchev–Trinajstić information content (AvgIpc) is 3.61. The van der Waals surface area contributed by atoms with Gasteiger partial charge in [0, 0.05) is 23.0 Å². The Kier molecular flexibility index (Phi) is 6.96. The van der Waals surface area contributed by atoms with Crippen LogP contribution in [-0.4, -0.2) is 32.9 Å². The van der Waals surface area contributed by atoms with Crippen LogP contribution in [0.2, 0.25) is 0 Å². The van der Waals surface area contributed by atoms with Gasteiger partial charge in [-0.15, -0.1) is 11.3 Å². The van der Waals surface area contributed by atoms with Crippen molar-refractivity contribution in [2.45, 2.75) is 33.2 Å². The van der Waals surface area contributed by atoms with Gasteiger partial charge >= 0.3 is 0 Å². The molecule has 0 atom stereocenters. The maximum atomic E-state index is 14.4. The van der Waals surface area contributed by atoms with Gasteiger partial charge in [-0.2, -0.15) is 0 Å². The fourth-order valence-electron chi connectivity index (χ4n) is 5.13. The van der Waals surface area contributed by atoms with Gasteiger partial charge in [0.05, 0.1) is 40.2 Å². The molecule has 1 N–H and O–H groups in total. The first-order valence-corrected chi connectivity index (χ1v) is 14.2. The van der Waals surface area contributed by atoms with Gasteiger partial charge < -0.3 is 14.8 Å². The molecule has 41 heavy (non-hydrogen) atoms. The Bertz CT molecular complexity index is 1770. The van der Waals surface area contributed by atoms with Crippen molar-refractivity contribution in [3.8, 4) is 21.8 Å². The molecule has 0 bridgehead atoms. The van der Waals surface area contributed by atoms with Crippen LogP contribution in [0, 0.1) is 12.7 Å². The molecule has 4 heterocycles. The van der Waals surface area contributed by atoms with Crippen molar-refractivity contribution in [3.63, 3.8) is 0 Å². The third-order valence-electron chi connectivity index (χ3n) is 7.24. The molecule has 3 aromatic heterocycles. The monoisotopic (exact) mass is 565 g/mol. The number of thiophene rings is 1. The minimum atomic E-state index is -0.470. The van der Waals surface area contributed by atoms with Gasteiger partial charge in [0.1, 0.15) is 11.5 Å². The highest BCUT2D eigenvalue weighted by molar-refractivity contribution is 7.17. The van der Waals surface area contributed by atoms with E-state index in [1.54, 1.807) is 42.5 Å². The highest BCUT2D eigenvalue weighted by atomic mass is 32.1. The summed E-state index contributed by atoms with van der Waals surface area (Å²) in [6.07, 6.45) is 4.08. The molecule has 206 valence electrons. The van der Waals surface area contributed by atoms with E-state index < -0.39 is 5.82 Å². The van der Waals surface area contributed by atoms with E-state index in [-0.39, 0.29) is 23.5 Å². The highest BCUT2D eigenvalue weighted by Gasteiger charge is 2.28. The lowest BCUT2D eigenvalue weighted by molar-refractivity contribution is 0.0981. The lowest BCUT2D eigenvalue weighted by Gasteiger charge is -2.23. The second-order valence-corrected chi connectivity index (χ2v) is 11.3. The van der Waals surface area contributed by atoms with E-state index in [0.717, 1.165) is 27.4 Å². The zero-order valence-corrected chi connectivity index (χ0v) is 23.7. The zero-order valence-electron chi connectivity index (χ0n) is 22.9. The third kappa shape index (κ3) is 4.93. The summed E-state index contributed by atoms with van der Waals surface area (Å²) in [5, 5.41) is 2.74. The Morgan fingerprint density at radius 1 is 1.05 bits per heavy atom. The Balaban J connectivity index is 1.32. The van der Waals surface area contributed by atoms with E-state index in [9.17, 15) is 14.0 Å². The fraction of sp³-hybridized carbons (Fsp3) is 0.188. The second kappa shape index (κ2) is 10.7. The van der Waals surface area contributed by atoms with Gasteiger partial charge in [0.25, 0.3) is 11.8 Å². The molecule has 0 fully saturated rings. The van der Waals surface area contributed by atoms with Gasteiger partial charge in [0.15, 0.2) is 0 Å². The third-order valence-corrected chi connectivity index (χ3v) is 8.45. The standard InChI is InChI=1S/C32H28FN5O2S/c1-19(2)38-18-34-17-27(38)24-11-7-12-25(35-24)32(40)37-15-14-21-16-28(41-30(21)22-9-4-5-13-26(22)37)31(39)36-29-20(3)8-6-10-23(29)33/h4-13,16-19H,14-15H2,1-3H3,(H,36,39). The van der Waals surface area contributed by atoms with Gasteiger partial charge in [-0.3, -0.25) is 9.59 Å². The SMILES string of the molecule is Cc1cccc(F)c1NC(=O)c1cc2c(s1)-c1ccccc1N(C(=O)c1cccc(-c3cncn3C(C)C)n1)CC2. The van der Waals surface area contributed by atoms with Crippen molar-refractivity contribution in [2.75, 3.05) is 16.8 Å². The number of carbonyl (C=O) groups is 2. The van der Waals surface area contributed by atoms with Crippen LogP contribution in [0.1, 0.15) is 51.2 Å². The number of benzene rings is 2. The molecule has 0 unspecified atom stereocenters. The van der Waals surface area contributed by atoms with Crippen molar-refractivity contribution in [1.82, 2.24) is 14.5 Å². The maximum absolute atomic E-state index is 14.4. The van der Waals surface area contributed by atoms with Gasteiger partial charge in [0.2, 0.25) is 0 Å². The van der Waals surface area contributed by atoms with E-state index in [4.69, 9.17) is 4.98 Å². The molecule has 0 saturated heterocycles. The number of aryl methyl sites for hydroxylation is 1. The number of pyridine rings is 1. The molecule has 6 rings (SSSR count). The first kappa shape index (κ1) is 26.6. The molecule has 7 nitrogen and oxygen atoms in total. The van der Waals surface area contributed by atoms with Crippen molar-refractivity contribution in [2.24, 2.45) is 0 Å². The Morgan fingerprint density at radius 2 is 1.85 bits per heavy atom. The van der Waals surface area contributed by atoms with Crippen LogP contribution >= 0.6 is 11.3 Å². The molecule has 0 spiro atoms. The van der Waals surface area contributed by atoms with Crippen LogP contribution in [0.4, 0.5) is 15.8 Å². The first-order valence-electron chi connectivity index (χ1n) is 13.4. The van der Waals surface area contributed by atoms with Crippen LogP contribution in [0.3, 0.4) is 0 Å². The zero-order chi connectivity index (χ0) is 28.7. The molecule has 9 heteroatoms. The number of aromatic nitrogens is 3. The van der Waals surface area contributed by atoms with Crippen molar-refractivity contribution >= 4 is 34.5 Å². The number of hydrogen-bond acceptors (Lipinski definition) is 5. The first-order chi connectivity index (χ1) is 19.8. The molecular formula is C32H28FN5O2S.